The molecule has 128 valence electrons. The van der Waals surface area contributed by atoms with Crippen molar-refractivity contribution in [2.45, 2.75) is 83.7 Å². The average molecular weight is 322 g/mol. The van der Waals surface area contributed by atoms with Crippen molar-refractivity contribution < 1.29 is 19.2 Å². The number of imide groups is 2. The Kier molecular flexibility index (Phi) is 6.30. The lowest BCUT2D eigenvalue weighted by Crippen LogP contribution is -2.52. The quantitative estimate of drug-likeness (QED) is 0.482. The highest BCUT2D eigenvalue weighted by atomic mass is 16.2. The number of hydrogen-bond acceptors (Lipinski definition) is 4. The fourth-order valence-electron chi connectivity index (χ4n) is 3.33. The summed E-state index contributed by atoms with van der Waals surface area (Å²) in [5, 5.41) is 0. The number of carbonyl (C=O) groups excluding carboxylic acids is 4. The number of nitrogens with zero attached hydrogens (tertiary/aromatic N) is 2. The lowest BCUT2D eigenvalue weighted by Gasteiger charge is -2.32. The Hall–Kier alpha value is -1.72. The topological polar surface area (TPSA) is 74.8 Å². The van der Waals surface area contributed by atoms with Crippen LogP contribution in [0.4, 0.5) is 0 Å². The van der Waals surface area contributed by atoms with E-state index in [1.165, 1.54) is 19.3 Å². The predicted octanol–water partition coefficient (Wildman–Crippen LogP) is 2.36. The first-order valence-corrected chi connectivity index (χ1v) is 8.76. The Balaban J connectivity index is 2.00. The summed E-state index contributed by atoms with van der Waals surface area (Å²) < 4.78 is 0. The Morgan fingerprint density at radius 3 is 1.52 bits per heavy atom. The van der Waals surface area contributed by atoms with E-state index >= 15 is 0 Å². The van der Waals surface area contributed by atoms with Gasteiger partial charge in [-0.3, -0.25) is 29.0 Å². The monoisotopic (exact) mass is 322 g/mol. The number of likely N-dealkylation sites (tertiary alicyclic amines) is 2. The molecule has 0 aromatic heterocycles. The van der Waals surface area contributed by atoms with Crippen molar-refractivity contribution in [1.29, 1.82) is 0 Å². The highest BCUT2D eigenvalue weighted by Gasteiger charge is 2.43. The van der Waals surface area contributed by atoms with Gasteiger partial charge < -0.3 is 0 Å². The van der Waals surface area contributed by atoms with E-state index in [1.807, 2.05) is 0 Å². The minimum atomic E-state index is -0.703. The minimum Gasteiger partial charge on any atom is -0.274 e. The van der Waals surface area contributed by atoms with Crippen molar-refractivity contribution in [3.63, 3.8) is 0 Å². The first kappa shape index (κ1) is 17.6. The molecule has 0 N–H and O–H groups in total. The minimum absolute atomic E-state index is 0.183. The van der Waals surface area contributed by atoms with E-state index in [9.17, 15) is 19.2 Å². The summed E-state index contributed by atoms with van der Waals surface area (Å²) in [7, 11) is 0. The first-order valence-electron chi connectivity index (χ1n) is 8.76. The molecule has 0 spiro atoms. The third kappa shape index (κ3) is 4.18. The fourth-order valence-corrected chi connectivity index (χ4v) is 3.33. The second-order valence-corrected chi connectivity index (χ2v) is 6.35. The van der Waals surface area contributed by atoms with Gasteiger partial charge in [0.05, 0.1) is 0 Å². The fraction of sp³-hybridized carbons (Fsp3) is 0.765. The zero-order chi connectivity index (χ0) is 16.8. The molecule has 6 nitrogen and oxygen atoms in total. The third-order valence-electron chi connectivity index (χ3n) is 4.59. The van der Waals surface area contributed by atoms with Gasteiger partial charge in [-0.1, -0.05) is 39.0 Å². The largest absolute Gasteiger partial charge is 0.274 e. The van der Waals surface area contributed by atoms with Crippen LogP contribution in [0.15, 0.2) is 0 Å². The van der Waals surface area contributed by atoms with Crippen LogP contribution in [-0.2, 0) is 19.2 Å². The van der Waals surface area contributed by atoms with Gasteiger partial charge in [-0.05, 0) is 12.8 Å². The molecule has 0 saturated carbocycles. The van der Waals surface area contributed by atoms with Gasteiger partial charge in [-0.25, -0.2) is 0 Å². The molecule has 0 bridgehead atoms. The number of hydrogen-bond donors (Lipinski definition) is 0. The zero-order valence-corrected chi connectivity index (χ0v) is 13.9. The molecular weight excluding hydrogens is 296 g/mol. The van der Waals surface area contributed by atoms with E-state index in [1.54, 1.807) is 0 Å². The maximum atomic E-state index is 12.0. The van der Waals surface area contributed by atoms with E-state index in [0.29, 0.717) is 6.42 Å². The molecule has 0 aliphatic carbocycles. The van der Waals surface area contributed by atoms with E-state index in [-0.39, 0.29) is 49.3 Å². The molecule has 0 unspecified atom stereocenters. The highest BCUT2D eigenvalue weighted by Crippen LogP contribution is 2.26. The van der Waals surface area contributed by atoms with Gasteiger partial charge in [0.25, 0.3) is 0 Å². The summed E-state index contributed by atoms with van der Waals surface area (Å²) in [5.41, 5.74) is 0. The van der Waals surface area contributed by atoms with E-state index in [2.05, 4.69) is 6.92 Å². The molecule has 2 aliphatic rings. The van der Waals surface area contributed by atoms with Gasteiger partial charge in [0.15, 0.2) is 0 Å². The van der Waals surface area contributed by atoms with Crippen LogP contribution < -0.4 is 0 Å². The van der Waals surface area contributed by atoms with Gasteiger partial charge in [-0.2, -0.15) is 0 Å². The lowest BCUT2D eigenvalue weighted by molar-refractivity contribution is -0.154. The molecule has 0 radical (unpaired) electrons. The number of unbranched alkanes of at least 4 members (excludes halogenated alkanes) is 5. The van der Waals surface area contributed by atoms with E-state index in [4.69, 9.17) is 0 Å². The van der Waals surface area contributed by atoms with Gasteiger partial charge in [0.2, 0.25) is 23.6 Å². The average Bonchev–Trinajstić information content (AvgIpc) is 3.03. The molecule has 0 aromatic rings. The molecule has 4 amide bonds. The van der Waals surface area contributed by atoms with Crippen LogP contribution in [0, 0.1) is 0 Å². The van der Waals surface area contributed by atoms with Crippen molar-refractivity contribution in [3.05, 3.63) is 0 Å². The maximum Gasteiger partial charge on any atom is 0.231 e. The van der Waals surface area contributed by atoms with Crippen LogP contribution >= 0.6 is 0 Å². The van der Waals surface area contributed by atoms with Crippen LogP contribution in [0.1, 0.15) is 77.6 Å². The molecule has 6 heteroatoms. The van der Waals surface area contributed by atoms with Crippen molar-refractivity contribution in [2.75, 3.05) is 0 Å². The Bertz CT molecular complexity index is 421. The van der Waals surface area contributed by atoms with Crippen LogP contribution in [0.25, 0.3) is 0 Å². The second-order valence-electron chi connectivity index (χ2n) is 6.35. The van der Waals surface area contributed by atoms with E-state index < -0.39 is 6.17 Å². The Labute approximate surface area is 137 Å². The molecule has 2 heterocycles. The maximum absolute atomic E-state index is 12.0. The van der Waals surface area contributed by atoms with Gasteiger partial charge in [0, 0.05) is 25.7 Å². The van der Waals surface area contributed by atoms with Crippen LogP contribution in [0.2, 0.25) is 0 Å². The summed E-state index contributed by atoms with van der Waals surface area (Å²) in [6.45, 7) is 2.16. The third-order valence-corrected chi connectivity index (χ3v) is 4.59. The summed E-state index contributed by atoms with van der Waals surface area (Å²) in [4.78, 5) is 50.4. The normalized spacial score (nSPS) is 18.9. The second kappa shape index (κ2) is 8.22. The molecule has 0 atom stereocenters. The zero-order valence-electron chi connectivity index (χ0n) is 13.9. The summed E-state index contributed by atoms with van der Waals surface area (Å²) in [6, 6.07) is 0. The van der Waals surface area contributed by atoms with E-state index in [0.717, 1.165) is 29.1 Å². The lowest BCUT2D eigenvalue weighted by atomic mass is 10.1. The molecule has 2 aliphatic heterocycles. The summed E-state index contributed by atoms with van der Waals surface area (Å²) in [6.07, 6.45) is 6.98. The first-order chi connectivity index (χ1) is 11.1. The van der Waals surface area contributed by atoms with Gasteiger partial charge in [-0.15, -0.1) is 0 Å². The summed E-state index contributed by atoms with van der Waals surface area (Å²) in [5.74, 6) is -1.06. The Morgan fingerprint density at radius 1 is 0.696 bits per heavy atom. The van der Waals surface area contributed by atoms with Gasteiger partial charge in [0.1, 0.15) is 6.17 Å². The summed E-state index contributed by atoms with van der Waals surface area (Å²) >= 11 is 0. The Morgan fingerprint density at radius 2 is 1.09 bits per heavy atom. The number of rotatable bonds is 9. The van der Waals surface area contributed by atoms with Crippen molar-refractivity contribution in [1.82, 2.24) is 9.80 Å². The standard InChI is InChI=1S/C17H26N2O4/c1-2-3-4-5-6-7-8-13(18-14(20)9-10-15(18)21)19-16(22)11-12-17(19)23/h13H,2-12H2,1H3. The molecule has 2 saturated heterocycles. The predicted molar refractivity (Wildman–Crippen MR) is 84.0 cm³/mol. The van der Waals surface area contributed by atoms with Crippen LogP contribution in [0.5, 0.6) is 0 Å². The smallest absolute Gasteiger partial charge is 0.231 e. The molecule has 0 aromatic carbocycles. The van der Waals surface area contributed by atoms with Crippen molar-refractivity contribution >= 4 is 23.6 Å². The molecule has 2 fully saturated rings. The van der Waals surface area contributed by atoms with Gasteiger partial charge >= 0.3 is 0 Å². The van der Waals surface area contributed by atoms with Crippen molar-refractivity contribution in [2.24, 2.45) is 0 Å². The highest BCUT2D eigenvalue weighted by molar-refractivity contribution is 6.06. The SMILES string of the molecule is CCCCCCCCC(N1C(=O)CCC1=O)N1C(=O)CCC1=O. The number of carbonyl (C=O) groups is 4. The van der Waals surface area contributed by atoms with Crippen LogP contribution in [-0.4, -0.2) is 39.6 Å². The molecule has 23 heavy (non-hydrogen) atoms. The van der Waals surface area contributed by atoms with Crippen LogP contribution in [0.3, 0.4) is 0 Å². The van der Waals surface area contributed by atoms with Crippen molar-refractivity contribution in [3.8, 4) is 0 Å². The molecule has 2 rings (SSSR count). The number of amides is 4. The molecular formula is C17H26N2O4.